The Morgan fingerprint density at radius 1 is 1.15 bits per heavy atom. The van der Waals surface area contributed by atoms with E-state index in [1.807, 2.05) is 18.2 Å². The molecule has 0 aliphatic carbocycles. The SMILES string of the molecule is CCN1CCOc2cc(NC(=O)CCc3ccc(C(C)(C)C)cc3)ccc21. The second kappa shape index (κ2) is 8.03. The Labute approximate surface area is 162 Å². The van der Waals surface area contributed by atoms with Gasteiger partial charge in [0.05, 0.1) is 12.2 Å². The lowest BCUT2D eigenvalue weighted by Crippen LogP contribution is -2.32. The van der Waals surface area contributed by atoms with Gasteiger partial charge in [-0.2, -0.15) is 0 Å². The van der Waals surface area contributed by atoms with E-state index < -0.39 is 0 Å². The summed E-state index contributed by atoms with van der Waals surface area (Å²) in [7, 11) is 0. The zero-order valence-electron chi connectivity index (χ0n) is 16.8. The number of fused-ring (bicyclic) bond motifs is 1. The summed E-state index contributed by atoms with van der Waals surface area (Å²) in [4.78, 5) is 14.6. The third-order valence-corrected chi connectivity index (χ3v) is 5.05. The second-order valence-electron chi connectivity index (χ2n) is 8.11. The van der Waals surface area contributed by atoms with Crippen molar-refractivity contribution >= 4 is 17.3 Å². The molecule has 0 fully saturated rings. The maximum absolute atomic E-state index is 12.3. The number of hydrogen-bond acceptors (Lipinski definition) is 3. The number of benzene rings is 2. The molecule has 0 atom stereocenters. The van der Waals surface area contributed by atoms with Crippen LogP contribution in [0.15, 0.2) is 42.5 Å². The van der Waals surface area contributed by atoms with Gasteiger partial charge in [0.2, 0.25) is 5.91 Å². The maximum Gasteiger partial charge on any atom is 0.224 e. The zero-order valence-corrected chi connectivity index (χ0v) is 16.8. The highest BCUT2D eigenvalue weighted by Crippen LogP contribution is 2.34. The first-order valence-electron chi connectivity index (χ1n) is 9.78. The average Bonchev–Trinajstić information content (AvgIpc) is 2.65. The molecule has 1 heterocycles. The summed E-state index contributed by atoms with van der Waals surface area (Å²) < 4.78 is 5.75. The van der Waals surface area contributed by atoms with Crippen molar-refractivity contribution in [2.45, 2.75) is 46.0 Å². The normalized spacial score (nSPS) is 13.7. The second-order valence-corrected chi connectivity index (χ2v) is 8.11. The van der Waals surface area contributed by atoms with Crippen molar-refractivity contribution in [3.05, 3.63) is 53.6 Å². The molecule has 1 N–H and O–H groups in total. The van der Waals surface area contributed by atoms with Crippen molar-refractivity contribution in [3.63, 3.8) is 0 Å². The number of nitrogens with zero attached hydrogens (tertiary/aromatic N) is 1. The van der Waals surface area contributed by atoms with Crippen LogP contribution in [0.2, 0.25) is 0 Å². The molecule has 4 nitrogen and oxygen atoms in total. The van der Waals surface area contributed by atoms with Crippen LogP contribution < -0.4 is 15.0 Å². The lowest BCUT2D eigenvalue weighted by atomic mass is 9.86. The van der Waals surface area contributed by atoms with Crippen LogP contribution in [0.1, 0.15) is 45.2 Å². The predicted octanol–water partition coefficient (Wildman–Crippen LogP) is 4.77. The van der Waals surface area contributed by atoms with Gasteiger partial charge in [-0.25, -0.2) is 0 Å². The molecule has 0 radical (unpaired) electrons. The maximum atomic E-state index is 12.3. The van der Waals surface area contributed by atoms with Crippen LogP contribution in [-0.4, -0.2) is 25.6 Å². The topological polar surface area (TPSA) is 41.6 Å². The third kappa shape index (κ3) is 4.82. The minimum atomic E-state index is 0.0259. The molecule has 1 aliphatic heterocycles. The fourth-order valence-electron chi connectivity index (χ4n) is 3.34. The summed E-state index contributed by atoms with van der Waals surface area (Å²) in [5, 5.41) is 2.99. The van der Waals surface area contributed by atoms with Gasteiger partial charge in [-0.05, 0) is 42.0 Å². The van der Waals surface area contributed by atoms with Gasteiger partial charge in [-0.1, -0.05) is 45.0 Å². The van der Waals surface area contributed by atoms with Gasteiger partial charge in [0.1, 0.15) is 12.4 Å². The third-order valence-electron chi connectivity index (χ3n) is 5.05. The molecule has 144 valence electrons. The standard InChI is InChI=1S/C23H30N2O2/c1-5-25-14-15-27-21-16-19(11-12-20(21)25)24-22(26)13-8-17-6-9-18(10-7-17)23(2,3)4/h6-7,9-12,16H,5,8,13-15H2,1-4H3,(H,24,26). The van der Waals surface area contributed by atoms with Crippen LogP contribution in [0, 0.1) is 0 Å². The molecule has 2 aromatic carbocycles. The van der Waals surface area contributed by atoms with Crippen LogP contribution in [0.5, 0.6) is 5.75 Å². The van der Waals surface area contributed by atoms with Crippen LogP contribution in [0.4, 0.5) is 11.4 Å². The number of carbonyl (C=O) groups excluding carboxylic acids is 1. The van der Waals surface area contributed by atoms with E-state index >= 15 is 0 Å². The van der Waals surface area contributed by atoms with Crippen molar-refractivity contribution < 1.29 is 9.53 Å². The zero-order chi connectivity index (χ0) is 19.4. The molecule has 0 spiro atoms. The van der Waals surface area contributed by atoms with Gasteiger partial charge in [-0.15, -0.1) is 0 Å². The fraction of sp³-hybridized carbons (Fsp3) is 0.435. The summed E-state index contributed by atoms with van der Waals surface area (Å²) in [6.07, 6.45) is 1.20. The Kier molecular flexibility index (Phi) is 5.73. The van der Waals surface area contributed by atoms with Gasteiger partial charge in [0.15, 0.2) is 0 Å². The summed E-state index contributed by atoms with van der Waals surface area (Å²) in [5.41, 5.74) is 4.54. The van der Waals surface area contributed by atoms with Gasteiger partial charge in [0.25, 0.3) is 0 Å². The van der Waals surface area contributed by atoms with Crippen molar-refractivity contribution in [1.82, 2.24) is 0 Å². The van der Waals surface area contributed by atoms with Crippen LogP contribution in [0.25, 0.3) is 0 Å². The van der Waals surface area contributed by atoms with E-state index in [1.54, 1.807) is 0 Å². The van der Waals surface area contributed by atoms with Crippen molar-refractivity contribution in [1.29, 1.82) is 0 Å². The molecule has 0 saturated carbocycles. The summed E-state index contributed by atoms with van der Waals surface area (Å²) in [5.74, 6) is 0.872. The number of carbonyl (C=O) groups is 1. The Balaban J connectivity index is 1.57. The molecule has 0 saturated heterocycles. The summed E-state index contributed by atoms with van der Waals surface area (Å²) in [6.45, 7) is 11.3. The summed E-state index contributed by atoms with van der Waals surface area (Å²) >= 11 is 0. The number of amides is 1. The Bertz CT molecular complexity index is 791. The lowest BCUT2D eigenvalue weighted by molar-refractivity contribution is -0.116. The first-order valence-corrected chi connectivity index (χ1v) is 9.78. The first kappa shape index (κ1) is 19.3. The molecule has 0 unspecified atom stereocenters. The van der Waals surface area contributed by atoms with Crippen molar-refractivity contribution in [3.8, 4) is 5.75 Å². The average molecular weight is 367 g/mol. The Morgan fingerprint density at radius 2 is 1.89 bits per heavy atom. The highest BCUT2D eigenvalue weighted by molar-refractivity contribution is 5.91. The quantitative estimate of drug-likeness (QED) is 0.828. The lowest BCUT2D eigenvalue weighted by Gasteiger charge is -2.30. The molecule has 1 amide bonds. The largest absolute Gasteiger partial charge is 0.489 e. The number of likely N-dealkylation sites (N-methyl/N-ethyl adjacent to an activating group) is 1. The molecule has 27 heavy (non-hydrogen) atoms. The number of rotatable bonds is 5. The summed E-state index contributed by atoms with van der Waals surface area (Å²) in [6, 6.07) is 14.5. The van der Waals surface area contributed by atoms with E-state index in [1.165, 1.54) is 11.1 Å². The van der Waals surface area contributed by atoms with Gasteiger partial charge in [-0.3, -0.25) is 4.79 Å². The molecular formula is C23H30N2O2. The number of aryl methyl sites for hydroxylation is 1. The highest BCUT2D eigenvalue weighted by atomic mass is 16.5. The van der Waals surface area contributed by atoms with E-state index in [9.17, 15) is 4.79 Å². The van der Waals surface area contributed by atoms with Gasteiger partial charge >= 0.3 is 0 Å². The van der Waals surface area contributed by atoms with Crippen LogP contribution in [0.3, 0.4) is 0 Å². The minimum Gasteiger partial charge on any atom is -0.489 e. The van der Waals surface area contributed by atoms with Crippen molar-refractivity contribution in [2.24, 2.45) is 0 Å². The van der Waals surface area contributed by atoms with E-state index in [-0.39, 0.29) is 11.3 Å². The molecule has 3 rings (SSSR count). The molecular weight excluding hydrogens is 336 g/mol. The van der Waals surface area contributed by atoms with Crippen molar-refractivity contribution in [2.75, 3.05) is 29.9 Å². The monoisotopic (exact) mass is 366 g/mol. The molecule has 1 aliphatic rings. The smallest absolute Gasteiger partial charge is 0.224 e. The fourth-order valence-corrected chi connectivity index (χ4v) is 3.34. The molecule has 4 heteroatoms. The first-order chi connectivity index (χ1) is 12.9. The molecule has 0 aromatic heterocycles. The Hall–Kier alpha value is -2.49. The Morgan fingerprint density at radius 3 is 2.56 bits per heavy atom. The molecule has 2 aromatic rings. The van der Waals surface area contributed by atoms with Crippen LogP contribution >= 0.6 is 0 Å². The number of anilines is 2. The predicted molar refractivity (Wildman–Crippen MR) is 112 cm³/mol. The van der Waals surface area contributed by atoms with E-state index in [0.29, 0.717) is 13.0 Å². The number of ether oxygens (including phenoxy) is 1. The highest BCUT2D eigenvalue weighted by Gasteiger charge is 2.17. The van der Waals surface area contributed by atoms with Crippen LogP contribution in [-0.2, 0) is 16.6 Å². The molecule has 0 bridgehead atoms. The number of hydrogen-bond donors (Lipinski definition) is 1. The van der Waals surface area contributed by atoms with Gasteiger partial charge in [0, 0.05) is 24.7 Å². The van der Waals surface area contributed by atoms with E-state index in [0.717, 1.165) is 36.6 Å². The minimum absolute atomic E-state index is 0.0259. The number of nitrogens with one attached hydrogen (secondary N) is 1. The van der Waals surface area contributed by atoms with E-state index in [2.05, 4.69) is 62.2 Å². The van der Waals surface area contributed by atoms with Gasteiger partial charge < -0.3 is 15.0 Å². The van der Waals surface area contributed by atoms with E-state index in [4.69, 9.17) is 4.74 Å².